The molecule has 0 saturated carbocycles. The molecule has 0 aliphatic rings. The van der Waals surface area contributed by atoms with Crippen LogP contribution in [0.2, 0.25) is 0 Å². The largest absolute Gasteiger partial charge is 0.383 e. The number of anilines is 1. The van der Waals surface area contributed by atoms with Crippen LogP contribution in [0.4, 0.5) is 5.82 Å². The first-order chi connectivity index (χ1) is 4.75. The molecule has 0 saturated heterocycles. The SMILES string of the molecule is NCC(=O)c1nc[nH]c1N. The monoisotopic (exact) mass is 140 g/mol. The van der Waals surface area contributed by atoms with Gasteiger partial charge in [-0.15, -0.1) is 0 Å². The van der Waals surface area contributed by atoms with E-state index < -0.39 is 0 Å². The average Bonchev–Trinajstić information content (AvgIpc) is 2.34. The molecule has 0 aromatic carbocycles. The Balaban J connectivity index is 2.93. The van der Waals surface area contributed by atoms with Crippen LogP contribution in [0.25, 0.3) is 0 Å². The number of ketones is 1. The van der Waals surface area contributed by atoms with E-state index in [1.54, 1.807) is 0 Å². The molecule has 0 aliphatic carbocycles. The van der Waals surface area contributed by atoms with Gasteiger partial charge in [-0.1, -0.05) is 0 Å². The van der Waals surface area contributed by atoms with Crippen LogP contribution in [0.15, 0.2) is 6.33 Å². The summed E-state index contributed by atoms with van der Waals surface area (Å²) in [5.74, 6) is 0.0224. The lowest BCUT2D eigenvalue weighted by Crippen LogP contribution is -2.15. The minimum absolute atomic E-state index is 0.0605. The number of hydrogen-bond donors (Lipinski definition) is 3. The number of nitrogen functional groups attached to an aromatic ring is 1. The lowest BCUT2D eigenvalue weighted by Gasteiger charge is -1.90. The van der Waals surface area contributed by atoms with Gasteiger partial charge in [-0.25, -0.2) is 4.98 Å². The number of carbonyl (C=O) groups is 1. The second-order valence-corrected chi connectivity index (χ2v) is 1.79. The molecule has 1 heterocycles. The lowest BCUT2D eigenvalue weighted by atomic mass is 10.3. The molecule has 5 N–H and O–H groups in total. The Kier molecular flexibility index (Phi) is 1.68. The van der Waals surface area contributed by atoms with Crippen molar-refractivity contribution < 1.29 is 4.79 Å². The summed E-state index contributed by atoms with van der Waals surface area (Å²) in [6.45, 7) is -0.0605. The number of nitrogens with two attached hydrogens (primary N) is 2. The van der Waals surface area contributed by atoms with Crippen molar-refractivity contribution >= 4 is 11.6 Å². The molecule has 1 aromatic rings. The first-order valence-corrected chi connectivity index (χ1v) is 2.78. The van der Waals surface area contributed by atoms with E-state index in [-0.39, 0.29) is 23.8 Å². The molecule has 0 spiro atoms. The van der Waals surface area contributed by atoms with E-state index in [1.807, 2.05) is 0 Å². The molecule has 10 heavy (non-hydrogen) atoms. The van der Waals surface area contributed by atoms with Crippen molar-refractivity contribution in [2.45, 2.75) is 0 Å². The van der Waals surface area contributed by atoms with E-state index in [2.05, 4.69) is 9.97 Å². The highest BCUT2D eigenvalue weighted by Crippen LogP contribution is 2.02. The molecular weight excluding hydrogens is 132 g/mol. The standard InChI is InChI=1S/C5H8N4O/c6-1-3(10)4-5(7)9-2-8-4/h2H,1,6-7H2,(H,8,9). The molecule has 0 fully saturated rings. The van der Waals surface area contributed by atoms with E-state index in [0.29, 0.717) is 0 Å². The number of aromatic nitrogens is 2. The molecule has 5 heteroatoms. The smallest absolute Gasteiger partial charge is 0.198 e. The third-order valence-corrected chi connectivity index (χ3v) is 1.12. The summed E-state index contributed by atoms with van der Waals surface area (Å²) < 4.78 is 0. The Morgan fingerprint density at radius 3 is 2.90 bits per heavy atom. The van der Waals surface area contributed by atoms with Gasteiger partial charge in [0.05, 0.1) is 12.9 Å². The summed E-state index contributed by atoms with van der Waals surface area (Å²) in [5.41, 5.74) is 10.6. The number of imidazole rings is 1. The van der Waals surface area contributed by atoms with Crippen LogP contribution in [0.1, 0.15) is 10.5 Å². The second-order valence-electron chi connectivity index (χ2n) is 1.79. The third kappa shape index (κ3) is 0.985. The van der Waals surface area contributed by atoms with Gasteiger partial charge in [0.2, 0.25) is 0 Å². The van der Waals surface area contributed by atoms with Crippen LogP contribution in [-0.2, 0) is 0 Å². The van der Waals surface area contributed by atoms with Crippen molar-refractivity contribution in [1.29, 1.82) is 0 Å². The second kappa shape index (κ2) is 2.49. The van der Waals surface area contributed by atoms with Gasteiger partial charge < -0.3 is 16.5 Å². The van der Waals surface area contributed by atoms with E-state index in [0.717, 1.165) is 0 Å². The highest BCUT2D eigenvalue weighted by atomic mass is 16.1. The predicted octanol–water partition coefficient (Wildman–Crippen LogP) is -0.867. The maximum absolute atomic E-state index is 10.8. The first-order valence-electron chi connectivity index (χ1n) is 2.78. The van der Waals surface area contributed by atoms with Crippen LogP contribution >= 0.6 is 0 Å². The van der Waals surface area contributed by atoms with E-state index in [4.69, 9.17) is 11.5 Å². The highest BCUT2D eigenvalue weighted by Gasteiger charge is 2.08. The molecule has 1 aromatic heterocycles. The Morgan fingerprint density at radius 1 is 1.80 bits per heavy atom. The maximum Gasteiger partial charge on any atom is 0.198 e. The summed E-state index contributed by atoms with van der Waals surface area (Å²) in [6, 6.07) is 0. The van der Waals surface area contributed by atoms with Gasteiger partial charge >= 0.3 is 0 Å². The van der Waals surface area contributed by atoms with Crippen LogP contribution < -0.4 is 11.5 Å². The zero-order chi connectivity index (χ0) is 7.56. The van der Waals surface area contributed by atoms with E-state index >= 15 is 0 Å². The fourth-order valence-electron chi connectivity index (χ4n) is 0.623. The van der Waals surface area contributed by atoms with Gasteiger partial charge in [-0.2, -0.15) is 0 Å². The van der Waals surface area contributed by atoms with Gasteiger partial charge in [0, 0.05) is 0 Å². The van der Waals surface area contributed by atoms with Crippen molar-refractivity contribution in [2.75, 3.05) is 12.3 Å². The van der Waals surface area contributed by atoms with Gasteiger partial charge in [0.1, 0.15) is 11.5 Å². The molecule has 0 atom stereocenters. The zero-order valence-electron chi connectivity index (χ0n) is 5.29. The number of nitrogens with zero attached hydrogens (tertiary/aromatic N) is 1. The van der Waals surface area contributed by atoms with Crippen molar-refractivity contribution in [1.82, 2.24) is 9.97 Å². The molecule has 54 valence electrons. The summed E-state index contributed by atoms with van der Waals surface area (Å²) in [4.78, 5) is 17.1. The number of hydrogen-bond acceptors (Lipinski definition) is 4. The maximum atomic E-state index is 10.8. The van der Waals surface area contributed by atoms with Crippen LogP contribution in [0.3, 0.4) is 0 Å². The molecular formula is C5H8N4O. The van der Waals surface area contributed by atoms with Crippen LogP contribution in [0.5, 0.6) is 0 Å². The summed E-state index contributed by atoms with van der Waals surface area (Å²) in [7, 11) is 0. The van der Waals surface area contributed by atoms with Crippen molar-refractivity contribution in [3.8, 4) is 0 Å². The predicted molar refractivity (Wildman–Crippen MR) is 36.4 cm³/mol. The number of nitrogens with one attached hydrogen (secondary N) is 1. The van der Waals surface area contributed by atoms with Gasteiger partial charge in [0.25, 0.3) is 0 Å². The molecule has 0 unspecified atom stereocenters. The van der Waals surface area contributed by atoms with E-state index in [1.165, 1.54) is 6.33 Å². The van der Waals surface area contributed by atoms with Gasteiger partial charge in [-0.3, -0.25) is 4.79 Å². The molecule has 0 radical (unpaired) electrons. The number of aromatic amines is 1. The fraction of sp³-hybridized carbons (Fsp3) is 0.200. The molecule has 0 bridgehead atoms. The van der Waals surface area contributed by atoms with Crippen LogP contribution in [-0.4, -0.2) is 22.3 Å². The summed E-state index contributed by atoms with van der Waals surface area (Å²) in [6.07, 6.45) is 1.36. The Morgan fingerprint density at radius 2 is 2.50 bits per heavy atom. The van der Waals surface area contributed by atoms with Crippen molar-refractivity contribution in [2.24, 2.45) is 5.73 Å². The van der Waals surface area contributed by atoms with E-state index in [9.17, 15) is 4.79 Å². The minimum atomic E-state index is -0.251. The summed E-state index contributed by atoms with van der Waals surface area (Å²) >= 11 is 0. The molecule has 5 nitrogen and oxygen atoms in total. The number of H-pyrrole nitrogens is 1. The lowest BCUT2D eigenvalue weighted by molar-refractivity contribution is 0.0998. The fourth-order valence-corrected chi connectivity index (χ4v) is 0.623. The molecule has 0 aliphatic heterocycles. The quantitative estimate of drug-likeness (QED) is 0.465. The van der Waals surface area contributed by atoms with Crippen molar-refractivity contribution in [3.63, 3.8) is 0 Å². The highest BCUT2D eigenvalue weighted by molar-refractivity contribution is 5.99. The molecule has 1 rings (SSSR count). The Labute approximate surface area is 57.4 Å². The normalized spacial score (nSPS) is 9.70. The minimum Gasteiger partial charge on any atom is -0.383 e. The zero-order valence-corrected chi connectivity index (χ0v) is 5.29. The van der Waals surface area contributed by atoms with Gasteiger partial charge in [0.15, 0.2) is 5.78 Å². The topological polar surface area (TPSA) is 97.8 Å². The number of rotatable bonds is 2. The average molecular weight is 140 g/mol. The van der Waals surface area contributed by atoms with Crippen molar-refractivity contribution in [3.05, 3.63) is 12.0 Å². The number of carbonyl (C=O) groups excluding carboxylic acids is 1. The Hall–Kier alpha value is -1.36. The Bertz CT molecular complexity index is 242. The molecule has 0 amide bonds. The van der Waals surface area contributed by atoms with Crippen LogP contribution in [0, 0.1) is 0 Å². The first kappa shape index (κ1) is 6.76. The summed E-state index contributed by atoms with van der Waals surface area (Å²) in [5, 5.41) is 0. The number of Topliss-reactive ketones (excluding diaryl/α,β-unsaturated/α-hetero) is 1. The third-order valence-electron chi connectivity index (χ3n) is 1.12. The van der Waals surface area contributed by atoms with Gasteiger partial charge in [-0.05, 0) is 0 Å².